The standard InChI is InChI=1S/C29H41N7O3/c1-19(16-39-4)32-27-30-14-25-23(12-24(36(25)33-27)20-6-8-22(37)9-7-20)21-13-31-35(15-21)28(2,3)26(38)34-17-29(18-34)10-5-11-29/h12-15,19-20,22,37H,5-11,16-18H2,1-4H3,(H,32,33)/t19-,20?,22?/m0/s1. The summed E-state index contributed by atoms with van der Waals surface area (Å²) in [6.07, 6.45) is 12.7. The Morgan fingerprint density at radius 1 is 1.23 bits per heavy atom. The molecule has 3 aromatic rings. The molecule has 3 aromatic heterocycles. The van der Waals surface area contributed by atoms with Crippen molar-refractivity contribution in [3.8, 4) is 11.1 Å². The second-order valence-electron chi connectivity index (χ2n) is 12.6. The first kappa shape index (κ1) is 26.3. The van der Waals surface area contributed by atoms with Gasteiger partial charge in [0.25, 0.3) is 0 Å². The van der Waals surface area contributed by atoms with E-state index in [1.54, 1.807) is 11.8 Å². The molecule has 3 fully saturated rings. The van der Waals surface area contributed by atoms with Gasteiger partial charge in [-0.25, -0.2) is 9.50 Å². The zero-order valence-electron chi connectivity index (χ0n) is 23.6. The minimum atomic E-state index is -0.771. The Morgan fingerprint density at radius 2 is 1.97 bits per heavy atom. The number of ether oxygens (including phenoxy) is 1. The summed E-state index contributed by atoms with van der Waals surface area (Å²) in [4.78, 5) is 20.1. The number of carbonyl (C=O) groups excluding carboxylic acids is 1. The van der Waals surface area contributed by atoms with Crippen LogP contribution >= 0.6 is 0 Å². The van der Waals surface area contributed by atoms with E-state index in [-0.39, 0.29) is 18.1 Å². The van der Waals surface area contributed by atoms with E-state index in [1.807, 2.05) is 48.8 Å². The monoisotopic (exact) mass is 535 g/mol. The van der Waals surface area contributed by atoms with Crippen LogP contribution in [0.25, 0.3) is 16.6 Å². The van der Waals surface area contributed by atoms with Crippen molar-refractivity contribution in [2.75, 3.05) is 32.1 Å². The second-order valence-corrected chi connectivity index (χ2v) is 12.6. The fourth-order valence-electron chi connectivity index (χ4n) is 6.64. The fraction of sp³-hybridized carbons (Fsp3) is 0.655. The minimum absolute atomic E-state index is 0.0688. The molecule has 1 aliphatic heterocycles. The van der Waals surface area contributed by atoms with Gasteiger partial charge in [-0.1, -0.05) is 6.42 Å². The van der Waals surface area contributed by atoms with Gasteiger partial charge >= 0.3 is 0 Å². The molecule has 10 nitrogen and oxygen atoms in total. The van der Waals surface area contributed by atoms with E-state index in [1.165, 1.54) is 19.3 Å². The van der Waals surface area contributed by atoms with Crippen LogP contribution in [0.3, 0.4) is 0 Å². The lowest BCUT2D eigenvalue weighted by atomic mass is 9.63. The number of aromatic nitrogens is 5. The van der Waals surface area contributed by atoms with Gasteiger partial charge in [0.1, 0.15) is 5.54 Å². The van der Waals surface area contributed by atoms with Gasteiger partial charge < -0.3 is 20.1 Å². The average Bonchev–Trinajstić information content (AvgIpc) is 3.48. The SMILES string of the molecule is COC[C@H](C)Nc1ncc2c(-c3cnn(C(C)(C)C(=O)N4CC5(CCC5)C4)c3)cc(C3CCC(O)CC3)n2n1. The Kier molecular flexibility index (Phi) is 6.66. The lowest BCUT2D eigenvalue weighted by Crippen LogP contribution is -2.64. The third-order valence-corrected chi connectivity index (χ3v) is 9.20. The molecule has 2 aliphatic carbocycles. The summed E-state index contributed by atoms with van der Waals surface area (Å²) in [6.45, 7) is 8.25. The van der Waals surface area contributed by atoms with Crippen LogP contribution in [0, 0.1) is 5.41 Å². The highest BCUT2D eigenvalue weighted by Gasteiger charge is 2.51. The number of aliphatic hydroxyl groups is 1. The van der Waals surface area contributed by atoms with E-state index < -0.39 is 5.54 Å². The number of methoxy groups -OCH3 is 1. The van der Waals surface area contributed by atoms with Crippen LogP contribution in [0.4, 0.5) is 5.95 Å². The molecule has 0 bridgehead atoms. The molecular weight excluding hydrogens is 494 g/mol. The van der Waals surface area contributed by atoms with Crippen molar-refractivity contribution >= 4 is 17.4 Å². The molecule has 2 saturated carbocycles. The van der Waals surface area contributed by atoms with E-state index in [0.29, 0.717) is 23.9 Å². The van der Waals surface area contributed by atoms with Crippen LogP contribution in [-0.4, -0.2) is 79.2 Å². The van der Waals surface area contributed by atoms with Crippen LogP contribution in [-0.2, 0) is 15.1 Å². The van der Waals surface area contributed by atoms with Crippen molar-refractivity contribution in [3.63, 3.8) is 0 Å². The van der Waals surface area contributed by atoms with Gasteiger partial charge in [-0.2, -0.15) is 5.10 Å². The molecule has 210 valence electrons. The zero-order chi connectivity index (χ0) is 27.4. The summed E-state index contributed by atoms with van der Waals surface area (Å²) in [7, 11) is 1.68. The molecule has 0 radical (unpaired) electrons. The molecule has 3 aliphatic rings. The third kappa shape index (κ3) is 4.71. The average molecular weight is 536 g/mol. The quantitative estimate of drug-likeness (QED) is 0.451. The van der Waals surface area contributed by atoms with E-state index in [9.17, 15) is 9.90 Å². The maximum absolute atomic E-state index is 13.4. The highest BCUT2D eigenvalue weighted by Crippen LogP contribution is 2.49. The molecule has 0 unspecified atom stereocenters. The molecule has 1 amide bonds. The molecule has 2 N–H and O–H groups in total. The molecule has 1 saturated heterocycles. The van der Waals surface area contributed by atoms with Crippen LogP contribution < -0.4 is 5.32 Å². The number of rotatable bonds is 8. The Morgan fingerprint density at radius 3 is 2.64 bits per heavy atom. The van der Waals surface area contributed by atoms with Crippen molar-refractivity contribution in [2.45, 2.75) is 89.3 Å². The molecule has 6 rings (SSSR count). The van der Waals surface area contributed by atoms with Crippen molar-refractivity contribution in [3.05, 3.63) is 30.4 Å². The lowest BCUT2D eigenvalue weighted by molar-refractivity contribution is -0.158. The zero-order valence-corrected chi connectivity index (χ0v) is 23.6. The van der Waals surface area contributed by atoms with Gasteiger partial charge in [0, 0.05) is 60.6 Å². The largest absolute Gasteiger partial charge is 0.393 e. The maximum atomic E-state index is 13.4. The number of amides is 1. The molecule has 4 heterocycles. The van der Waals surface area contributed by atoms with E-state index in [2.05, 4.69) is 21.5 Å². The Balaban J connectivity index is 1.31. The minimum Gasteiger partial charge on any atom is -0.393 e. The van der Waals surface area contributed by atoms with E-state index in [0.717, 1.165) is 61.1 Å². The fourth-order valence-corrected chi connectivity index (χ4v) is 6.64. The predicted molar refractivity (Wildman–Crippen MR) is 149 cm³/mol. The van der Waals surface area contributed by atoms with Crippen LogP contribution in [0.5, 0.6) is 0 Å². The van der Waals surface area contributed by atoms with Gasteiger partial charge in [-0.15, -0.1) is 5.10 Å². The first-order valence-corrected chi connectivity index (χ1v) is 14.4. The van der Waals surface area contributed by atoms with Crippen molar-refractivity contribution < 1.29 is 14.6 Å². The third-order valence-electron chi connectivity index (χ3n) is 9.20. The van der Waals surface area contributed by atoms with Gasteiger partial charge in [0.2, 0.25) is 11.9 Å². The number of nitrogens with zero attached hydrogens (tertiary/aromatic N) is 6. The smallest absolute Gasteiger partial charge is 0.250 e. The van der Waals surface area contributed by atoms with Crippen LogP contribution in [0.1, 0.15) is 77.3 Å². The molecule has 10 heteroatoms. The first-order chi connectivity index (χ1) is 18.7. The molecule has 0 aromatic carbocycles. The number of hydrogen-bond acceptors (Lipinski definition) is 7. The number of aliphatic hydroxyl groups excluding tert-OH is 1. The van der Waals surface area contributed by atoms with E-state index >= 15 is 0 Å². The van der Waals surface area contributed by atoms with E-state index in [4.69, 9.17) is 9.84 Å². The Hall–Kier alpha value is -2.98. The van der Waals surface area contributed by atoms with Crippen LogP contribution in [0.2, 0.25) is 0 Å². The summed E-state index contributed by atoms with van der Waals surface area (Å²) in [5.74, 6) is 0.974. The second kappa shape index (κ2) is 9.89. The Labute approximate surface area is 229 Å². The number of nitrogens with one attached hydrogen (secondary N) is 1. The molecule has 1 spiro atoms. The van der Waals surface area contributed by atoms with Crippen molar-refractivity contribution in [2.24, 2.45) is 5.41 Å². The first-order valence-electron chi connectivity index (χ1n) is 14.4. The summed E-state index contributed by atoms with van der Waals surface area (Å²) < 4.78 is 9.06. The summed E-state index contributed by atoms with van der Waals surface area (Å²) in [6, 6.07) is 2.26. The summed E-state index contributed by atoms with van der Waals surface area (Å²) in [5.41, 5.74) is 3.58. The van der Waals surface area contributed by atoms with Gasteiger partial charge in [-0.05, 0) is 65.4 Å². The highest BCUT2D eigenvalue weighted by molar-refractivity contribution is 5.85. The molecule has 1 atom stereocenters. The number of fused-ring (bicyclic) bond motifs is 1. The van der Waals surface area contributed by atoms with Crippen LogP contribution in [0.15, 0.2) is 24.7 Å². The number of hydrogen-bond donors (Lipinski definition) is 2. The highest BCUT2D eigenvalue weighted by atomic mass is 16.5. The summed E-state index contributed by atoms with van der Waals surface area (Å²) in [5, 5.41) is 23.0. The molecule has 39 heavy (non-hydrogen) atoms. The van der Waals surface area contributed by atoms with Gasteiger partial charge in [0.15, 0.2) is 0 Å². The topological polar surface area (TPSA) is 110 Å². The maximum Gasteiger partial charge on any atom is 0.250 e. The number of carbonyl (C=O) groups is 1. The van der Waals surface area contributed by atoms with Gasteiger partial charge in [0.05, 0.1) is 30.6 Å². The van der Waals surface area contributed by atoms with Crippen molar-refractivity contribution in [1.82, 2.24) is 29.3 Å². The van der Waals surface area contributed by atoms with Crippen molar-refractivity contribution in [1.29, 1.82) is 0 Å². The van der Waals surface area contributed by atoms with Gasteiger partial charge in [-0.3, -0.25) is 9.48 Å². The summed E-state index contributed by atoms with van der Waals surface area (Å²) >= 11 is 0. The number of likely N-dealkylation sites (tertiary alicyclic amines) is 1. The predicted octanol–water partition coefficient (Wildman–Crippen LogP) is 3.81. The number of anilines is 1. The lowest BCUT2D eigenvalue weighted by Gasteiger charge is -2.57. The molecular formula is C29H41N7O3. The Bertz CT molecular complexity index is 1340. The normalized spacial score (nSPS) is 23.5.